The fraction of sp³-hybridized carbons (Fsp3) is 0.250. The van der Waals surface area contributed by atoms with Crippen molar-refractivity contribution < 1.29 is 9.50 Å². The molecule has 0 bridgehead atoms. The summed E-state index contributed by atoms with van der Waals surface area (Å²) in [4.78, 5) is 0. The zero-order valence-corrected chi connectivity index (χ0v) is 10.9. The maximum absolute atomic E-state index is 13.3. The Labute approximate surface area is 112 Å². The van der Waals surface area contributed by atoms with Gasteiger partial charge in [-0.2, -0.15) is 0 Å². The highest BCUT2D eigenvalue weighted by atomic mass is 19.1. The van der Waals surface area contributed by atoms with E-state index in [4.69, 9.17) is 5.73 Å². The molecule has 0 aliphatic heterocycles. The second-order valence-corrected chi connectivity index (χ2v) is 4.71. The minimum Gasteiger partial charge on any atom is -0.388 e. The van der Waals surface area contributed by atoms with Gasteiger partial charge in [0.1, 0.15) is 5.82 Å². The molecule has 0 saturated carbocycles. The van der Waals surface area contributed by atoms with Crippen LogP contribution in [-0.4, -0.2) is 11.7 Å². The molecule has 0 amide bonds. The number of aryl methyl sites for hydroxylation is 1. The van der Waals surface area contributed by atoms with Crippen LogP contribution in [-0.2, 0) is 0 Å². The largest absolute Gasteiger partial charge is 0.388 e. The summed E-state index contributed by atoms with van der Waals surface area (Å²) in [5.74, 6) is -0.453. The Balaban J connectivity index is 2.30. The van der Waals surface area contributed by atoms with E-state index in [0.29, 0.717) is 17.7 Å². The number of halogens is 1. The van der Waals surface area contributed by atoms with Gasteiger partial charge in [0.25, 0.3) is 0 Å². The molecule has 2 aromatic carbocycles. The van der Waals surface area contributed by atoms with Crippen LogP contribution in [0.25, 0.3) is 0 Å². The van der Waals surface area contributed by atoms with E-state index in [1.165, 1.54) is 6.07 Å². The van der Waals surface area contributed by atoms with Gasteiger partial charge in [-0.15, -0.1) is 0 Å². The summed E-state index contributed by atoms with van der Waals surface area (Å²) in [6, 6.07) is 14.3. The van der Waals surface area contributed by atoms with Gasteiger partial charge >= 0.3 is 0 Å². The number of aliphatic hydroxyl groups is 1. The Bertz CT molecular complexity index is 542. The molecule has 3 heteroatoms. The van der Waals surface area contributed by atoms with Crippen molar-refractivity contribution in [3.63, 3.8) is 0 Å². The predicted molar refractivity (Wildman–Crippen MR) is 74.3 cm³/mol. The first-order chi connectivity index (χ1) is 9.13. The topological polar surface area (TPSA) is 46.2 Å². The summed E-state index contributed by atoms with van der Waals surface area (Å²) in [5, 5.41) is 10.4. The first-order valence-corrected chi connectivity index (χ1v) is 6.32. The first-order valence-electron chi connectivity index (χ1n) is 6.32. The predicted octanol–water partition coefficient (Wildman–Crippen LogP) is 2.91. The van der Waals surface area contributed by atoms with Crippen LogP contribution < -0.4 is 5.73 Å². The molecule has 2 aromatic rings. The van der Waals surface area contributed by atoms with Crippen LogP contribution in [0, 0.1) is 12.7 Å². The van der Waals surface area contributed by atoms with Crippen molar-refractivity contribution in [1.29, 1.82) is 0 Å². The molecule has 0 radical (unpaired) electrons. The zero-order valence-electron chi connectivity index (χ0n) is 10.9. The minimum atomic E-state index is -0.730. The Hall–Kier alpha value is -1.71. The summed E-state index contributed by atoms with van der Waals surface area (Å²) in [6.07, 6.45) is -0.730. The van der Waals surface area contributed by atoms with Gasteiger partial charge in [0.05, 0.1) is 6.10 Å². The molecule has 0 aromatic heterocycles. The third-order valence-electron chi connectivity index (χ3n) is 3.39. The number of hydrogen-bond donors (Lipinski definition) is 2. The second kappa shape index (κ2) is 5.95. The lowest BCUT2D eigenvalue weighted by atomic mass is 9.89. The molecule has 2 atom stereocenters. The highest BCUT2D eigenvalue weighted by Gasteiger charge is 2.21. The van der Waals surface area contributed by atoms with Crippen LogP contribution in [0.4, 0.5) is 4.39 Å². The third-order valence-corrected chi connectivity index (χ3v) is 3.39. The van der Waals surface area contributed by atoms with Crippen LogP contribution in [0.2, 0.25) is 0 Å². The highest BCUT2D eigenvalue weighted by Crippen LogP contribution is 2.30. The van der Waals surface area contributed by atoms with Crippen LogP contribution in [0.5, 0.6) is 0 Å². The zero-order chi connectivity index (χ0) is 13.8. The van der Waals surface area contributed by atoms with Crippen molar-refractivity contribution in [2.45, 2.75) is 18.9 Å². The number of nitrogens with two attached hydrogens (primary N) is 1. The van der Waals surface area contributed by atoms with Crippen molar-refractivity contribution in [3.8, 4) is 0 Å². The summed E-state index contributed by atoms with van der Waals surface area (Å²) < 4.78 is 13.3. The van der Waals surface area contributed by atoms with E-state index < -0.39 is 6.10 Å². The van der Waals surface area contributed by atoms with Crippen LogP contribution >= 0.6 is 0 Å². The lowest BCUT2D eigenvalue weighted by Crippen LogP contribution is -2.20. The molecule has 2 unspecified atom stereocenters. The van der Waals surface area contributed by atoms with Gasteiger partial charge in [-0.3, -0.25) is 0 Å². The number of benzene rings is 2. The number of hydrogen-bond acceptors (Lipinski definition) is 2. The summed E-state index contributed by atoms with van der Waals surface area (Å²) in [6.45, 7) is 2.02. The number of aliphatic hydroxyl groups excluding tert-OH is 1. The molecule has 0 spiro atoms. The second-order valence-electron chi connectivity index (χ2n) is 4.71. The molecular weight excluding hydrogens is 241 g/mol. The monoisotopic (exact) mass is 259 g/mol. The Morgan fingerprint density at radius 1 is 1.11 bits per heavy atom. The van der Waals surface area contributed by atoms with Gasteiger partial charge in [0.15, 0.2) is 0 Å². The molecule has 0 saturated heterocycles. The summed E-state index contributed by atoms with van der Waals surface area (Å²) >= 11 is 0. The quantitative estimate of drug-likeness (QED) is 0.886. The lowest BCUT2D eigenvalue weighted by Gasteiger charge is -2.22. The van der Waals surface area contributed by atoms with Gasteiger partial charge in [0.2, 0.25) is 0 Å². The van der Waals surface area contributed by atoms with E-state index in [0.717, 1.165) is 5.56 Å². The Kier molecular flexibility index (Phi) is 4.30. The first kappa shape index (κ1) is 13.7. The molecule has 3 N–H and O–H groups in total. The Morgan fingerprint density at radius 2 is 1.79 bits per heavy atom. The van der Waals surface area contributed by atoms with Crippen LogP contribution in [0.15, 0.2) is 48.5 Å². The van der Waals surface area contributed by atoms with E-state index >= 15 is 0 Å². The molecule has 2 rings (SSSR count). The van der Waals surface area contributed by atoms with Crippen molar-refractivity contribution >= 4 is 0 Å². The van der Waals surface area contributed by atoms with E-state index in [1.807, 2.05) is 30.3 Å². The Morgan fingerprint density at radius 3 is 2.37 bits per heavy atom. The van der Waals surface area contributed by atoms with Gasteiger partial charge in [-0.1, -0.05) is 42.5 Å². The fourth-order valence-electron chi connectivity index (χ4n) is 2.23. The van der Waals surface area contributed by atoms with Crippen molar-refractivity contribution in [3.05, 3.63) is 71.0 Å². The smallest absolute Gasteiger partial charge is 0.126 e. The molecule has 19 heavy (non-hydrogen) atoms. The van der Waals surface area contributed by atoms with Crippen molar-refractivity contribution in [2.24, 2.45) is 5.73 Å². The SMILES string of the molecule is Cc1cc(C(O)C(CN)c2ccccc2)ccc1F. The van der Waals surface area contributed by atoms with Crippen molar-refractivity contribution in [1.82, 2.24) is 0 Å². The number of rotatable bonds is 4. The molecular formula is C16H18FNO. The van der Waals surface area contributed by atoms with Gasteiger partial charge in [-0.25, -0.2) is 4.39 Å². The molecule has 0 heterocycles. The lowest BCUT2D eigenvalue weighted by molar-refractivity contribution is 0.147. The van der Waals surface area contributed by atoms with Gasteiger partial charge in [-0.05, 0) is 29.7 Å². The van der Waals surface area contributed by atoms with E-state index in [9.17, 15) is 9.50 Å². The third kappa shape index (κ3) is 3.00. The molecule has 100 valence electrons. The van der Waals surface area contributed by atoms with Crippen molar-refractivity contribution in [2.75, 3.05) is 6.54 Å². The standard InChI is InChI=1S/C16H18FNO/c1-11-9-13(7-8-15(11)17)16(19)14(10-18)12-5-3-2-4-6-12/h2-9,14,16,19H,10,18H2,1H3. The van der Waals surface area contributed by atoms with Crippen LogP contribution in [0.1, 0.15) is 28.7 Å². The molecule has 2 nitrogen and oxygen atoms in total. The summed E-state index contributed by atoms with van der Waals surface area (Å²) in [7, 11) is 0. The van der Waals surface area contributed by atoms with Crippen LogP contribution in [0.3, 0.4) is 0 Å². The minimum absolute atomic E-state index is 0.189. The van der Waals surface area contributed by atoms with E-state index in [-0.39, 0.29) is 11.7 Å². The average Bonchev–Trinajstić information content (AvgIpc) is 2.44. The normalized spacial score (nSPS) is 14.1. The van der Waals surface area contributed by atoms with Gasteiger partial charge < -0.3 is 10.8 Å². The maximum Gasteiger partial charge on any atom is 0.126 e. The van der Waals surface area contributed by atoms with E-state index in [1.54, 1.807) is 19.1 Å². The highest BCUT2D eigenvalue weighted by molar-refractivity contribution is 5.30. The molecule has 0 fully saturated rings. The average molecular weight is 259 g/mol. The molecule has 0 aliphatic rings. The van der Waals surface area contributed by atoms with Gasteiger partial charge in [0, 0.05) is 12.5 Å². The summed E-state index contributed by atoms with van der Waals surface area (Å²) in [5.41, 5.74) is 7.98. The molecule has 0 aliphatic carbocycles. The fourth-order valence-corrected chi connectivity index (χ4v) is 2.23. The van der Waals surface area contributed by atoms with E-state index in [2.05, 4.69) is 0 Å². The maximum atomic E-state index is 13.3.